The van der Waals surface area contributed by atoms with Crippen molar-refractivity contribution in [2.24, 2.45) is 0 Å². The fourth-order valence-electron chi connectivity index (χ4n) is 0.885. The number of nitrogen functional groups attached to an aromatic ring is 1. The quantitative estimate of drug-likeness (QED) is 0.765. The number of nitriles is 1. The highest BCUT2D eigenvalue weighted by Crippen LogP contribution is 2.18. The molecule has 0 saturated heterocycles. The fourth-order valence-corrected chi connectivity index (χ4v) is 0.885. The first-order valence-corrected chi connectivity index (χ1v) is 3.81. The molecule has 1 heterocycles. The van der Waals surface area contributed by atoms with Gasteiger partial charge in [0.15, 0.2) is 5.82 Å². The van der Waals surface area contributed by atoms with Crippen molar-refractivity contribution in [2.75, 3.05) is 17.6 Å². The summed E-state index contributed by atoms with van der Waals surface area (Å²) in [6, 6.07) is 3.25. The average Bonchev–Trinajstić information content (AvgIpc) is 2.16. The zero-order chi connectivity index (χ0) is 10.6. The number of hydrogen-bond acceptors (Lipinski definition) is 4. The van der Waals surface area contributed by atoms with Gasteiger partial charge in [-0.05, 0) is 6.07 Å². The van der Waals surface area contributed by atoms with Gasteiger partial charge in [-0.25, -0.2) is 13.8 Å². The molecule has 1 rings (SSSR count). The van der Waals surface area contributed by atoms with E-state index in [-0.39, 0.29) is 17.1 Å². The van der Waals surface area contributed by atoms with Crippen molar-refractivity contribution < 1.29 is 8.78 Å². The van der Waals surface area contributed by atoms with Crippen LogP contribution >= 0.6 is 0 Å². The van der Waals surface area contributed by atoms with E-state index in [1.54, 1.807) is 0 Å². The summed E-state index contributed by atoms with van der Waals surface area (Å²) >= 11 is 0. The zero-order valence-electron chi connectivity index (χ0n) is 7.17. The van der Waals surface area contributed by atoms with Crippen LogP contribution in [0.5, 0.6) is 0 Å². The largest absolute Gasteiger partial charge is 0.395 e. The second-order valence-electron chi connectivity index (χ2n) is 2.50. The van der Waals surface area contributed by atoms with Crippen molar-refractivity contribution in [3.05, 3.63) is 17.8 Å². The topological polar surface area (TPSA) is 74.7 Å². The molecular weight excluding hydrogens is 190 g/mol. The van der Waals surface area contributed by atoms with Crippen LogP contribution in [-0.4, -0.2) is 18.0 Å². The lowest BCUT2D eigenvalue weighted by Gasteiger charge is -2.07. The minimum absolute atomic E-state index is 0.0932. The van der Waals surface area contributed by atoms with Gasteiger partial charge in [-0.15, -0.1) is 0 Å². The van der Waals surface area contributed by atoms with Gasteiger partial charge in [-0.1, -0.05) is 0 Å². The van der Waals surface area contributed by atoms with Crippen LogP contribution < -0.4 is 11.1 Å². The molecular formula is C8H8F2N4. The normalized spacial score (nSPS) is 9.86. The first-order valence-electron chi connectivity index (χ1n) is 3.81. The number of aromatic nitrogens is 1. The summed E-state index contributed by atoms with van der Waals surface area (Å²) < 4.78 is 23.7. The number of hydrogen-bond donors (Lipinski definition) is 2. The predicted molar refractivity (Wildman–Crippen MR) is 47.9 cm³/mol. The number of alkyl halides is 2. The highest BCUT2D eigenvalue weighted by Gasteiger charge is 2.07. The molecule has 0 aliphatic carbocycles. The minimum atomic E-state index is -2.48. The van der Waals surface area contributed by atoms with Gasteiger partial charge in [-0.3, -0.25) is 0 Å². The van der Waals surface area contributed by atoms with Crippen LogP contribution in [0.25, 0.3) is 0 Å². The van der Waals surface area contributed by atoms with Crippen molar-refractivity contribution in [1.82, 2.24) is 4.98 Å². The van der Waals surface area contributed by atoms with E-state index in [4.69, 9.17) is 11.0 Å². The molecule has 0 unspecified atom stereocenters. The van der Waals surface area contributed by atoms with E-state index in [1.807, 2.05) is 6.07 Å². The van der Waals surface area contributed by atoms with E-state index in [9.17, 15) is 8.78 Å². The lowest BCUT2D eigenvalue weighted by atomic mass is 10.2. The highest BCUT2D eigenvalue weighted by atomic mass is 19.3. The SMILES string of the molecule is N#Cc1ccnc(NCC(F)F)c1N. The standard InChI is InChI=1S/C8H8F2N4/c9-6(10)4-14-8-7(12)5(3-11)1-2-13-8/h1-2,6H,4,12H2,(H,13,14). The second-order valence-corrected chi connectivity index (χ2v) is 2.50. The number of pyridine rings is 1. The Hall–Kier alpha value is -1.90. The number of rotatable bonds is 3. The van der Waals surface area contributed by atoms with Gasteiger partial charge in [0.1, 0.15) is 6.07 Å². The van der Waals surface area contributed by atoms with Crippen molar-refractivity contribution in [3.8, 4) is 6.07 Å². The molecule has 0 radical (unpaired) electrons. The van der Waals surface area contributed by atoms with Gasteiger partial charge in [0.05, 0.1) is 17.8 Å². The van der Waals surface area contributed by atoms with Crippen LogP contribution in [0.2, 0.25) is 0 Å². The number of nitrogens with one attached hydrogen (secondary N) is 1. The molecule has 0 spiro atoms. The van der Waals surface area contributed by atoms with Crippen LogP contribution in [0.1, 0.15) is 5.56 Å². The van der Waals surface area contributed by atoms with Gasteiger partial charge in [0.2, 0.25) is 0 Å². The van der Waals surface area contributed by atoms with Crippen molar-refractivity contribution in [2.45, 2.75) is 6.43 Å². The lowest BCUT2D eigenvalue weighted by Crippen LogP contribution is -2.13. The summed E-state index contributed by atoms with van der Waals surface area (Å²) in [6.45, 7) is -0.536. The van der Waals surface area contributed by atoms with Crippen LogP contribution in [-0.2, 0) is 0 Å². The summed E-state index contributed by atoms with van der Waals surface area (Å²) in [4.78, 5) is 3.74. The molecule has 1 aromatic rings. The van der Waals surface area contributed by atoms with E-state index in [1.165, 1.54) is 12.3 Å². The number of anilines is 2. The van der Waals surface area contributed by atoms with Crippen molar-refractivity contribution >= 4 is 11.5 Å². The van der Waals surface area contributed by atoms with E-state index in [0.29, 0.717) is 0 Å². The van der Waals surface area contributed by atoms with Crippen molar-refractivity contribution in [3.63, 3.8) is 0 Å². The minimum Gasteiger partial charge on any atom is -0.395 e. The Kier molecular flexibility index (Phi) is 3.18. The molecule has 0 saturated carbocycles. The van der Waals surface area contributed by atoms with Crippen LogP contribution in [0.15, 0.2) is 12.3 Å². The molecule has 6 heteroatoms. The Bertz CT molecular complexity index is 359. The first-order chi connectivity index (χ1) is 6.65. The lowest BCUT2D eigenvalue weighted by molar-refractivity contribution is 0.163. The maximum atomic E-state index is 11.8. The fraction of sp³-hybridized carbons (Fsp3) is 0.250. The van der Waals surface area contributed by atoms with Gasteiger partial charge in [-0.2, -0.15) is 5.26 Å². The van der Waals surface area contributed by atoms with Gasteiger partial charge in [0.25, 0.3) is 6.43 Å². The Morgan fingerprint density at radius 1 is 1.64 bits per heavy atom. The molecule has 0 aliphatic rings. The van der Waals surface area contributed by atoms with E-state index < -0.39 is 13.0 Å². The van der Waals surface area contributed by atoms with Gasteiger partial charge in [0, 0.05) is 6.20 Å². The van der Waals surface area contributed by atoms with E-state index in [2.05, 4.69) is 10.3 Å². The number of nitrogens with zero attached hydrogens (tertiary/aromatic N) is 2. The predicted octanol–water partition coefficient (Wildman–Crippen LogP) is 1.21. The highest BCUT2D eigenvalue weighted by molar-refractivity contribution is 5.68. The molecule has 0 aliphatic heterocycles. The summed E-state index contributed by atoms with van der Waals surface area (Å²) in [5.74, 6) is 0.115. The molecule has 4 nitrogen and oxygen atoms in total. The molecule has 0 aromatic carbocycles. The molecule has 0 amide bonds. The molecule has 0 fully saturated rings. The monoisotopic (exact) mass is 198 g/mol. The Morgan fingerprint density at radius 3 is 2.93 bits per heavy atom. The molecule has 1 aromatic heterocycles. The van der Waals surface area contributed by atoms with Crippen molar-refractivity contribution in [1.29, 1.82) is 5.26 Å². The molecule has 74 valence electrons. The smallest absolute Gasteiger partial charge is 0.255 e. The maximum Gasteiger partial charge on any atom is 0.255 e. The summed E-state index contributed by atoms with van der Waals surface area (Å²) in [5, 5.41) is 10.9. The third-order valence-electron chi connectivity index (χ3n) is 1.53. The Morgan fingerprint density at radius 2 is 2.36 bits per heavy atom. The molecule has 14 heavy (non-hydrogen) atoms. The number of nitrogens with two attached hydrogens (primary N) is 1. The summed E-state index contributed by atoms with van der Waals surface area (Å²) in [6.07, 6.45) is -1.15. The number of halogens is 2. The van der Waals surface area contributed by atoms with E-state index >= 15 is 0 Å². The molecule has 3 N–H and O–H groups in total. The van der Waals surface area contributed by atoms with Crippen LogP contribution in [0, 0.1) is 11.3 Å². The van der Waals surface area contributed by atoms with Gasteiger partial charge >= 0.3 is 0 Å². The third-order valence-corrected chi connectivity index (χ3v) is 1.53. The third kappa shape index (κ3) is 2.29. The van der Waals surface area contributed by atoms with E-state index in [0.717, 1.165) is 0 Å². The Balaban J connectivity index is 2.83. The zero-order valence-corrected chi connectivity index (χ0v) is 7.17. The van der Waals surface area contributed by atoms with Crippen LogP contribution in [0.4, 0.5) is 20.3 Å². The first kappa shape index (κ1) is 10.2. The summed E-state index contributed by atoms with van der Waals surface area (Å²) in [5.41, 5.74) is 5.80. The molecule has 0 atom stereocenters. The average molecular weight is 198 g/mol. The second kappa shape index (κ2) is 4.37. The van der Waals surface area contributed by atoms with Crippen LogP contribution in [0.3, 0.4) is 0 Å². The van der Waals surface area contributed by atoms with Gasteiger partial charge < -0.3 is 11.1 Å². The summed E-state index contributed by atoms with van der Waals surface area (Å²) in [7, 11) is 0. The molecule has 0 bridgehead atoms. The Labute approximate surface area is 79.4 Å². The maximum absolute atomic E-state index is 11.8.